The minimum Gasteiger partial charge on any atom is -0.490 e. The van der Waals surface area contributed by atoms with E-state index < -0.39 is 0 Å². The Morgan fingerprint density at radius 1 is 0.982 bits per heavy atom. The molecular weight excluding hydrogens is 732 g/mol. The van der Waals surface area contributed by atoms with Crippen molar-refractivity contribution in [1.29, 1.82) is 5.26 Å². The van der Waals surface area contributed by atoms with Gasteiger partial charge in [-0.25, -0.2) is 0 Å². The number of pyridine rings is 1. The van der Waals surface area contributed by atoms with Gasteiger partial charge in [0.05, 0.1) is 28.1 Å². The van der Waals surface area contributed by atoms with E-state index in [1.54, 1.807) is 35.6 Å². The van der Waals surface area contributed by atoms with Crippen molar-refractivity contribution in [3.05, 3.63) is 104 Å². The number of rotatable bonds is 6. The molecule has 2 fully saturated rings. The minimum atomic E-state index is -0.220. The van der Waals surface area contributed by atoms with Gasteiger partial charge in [0, 0.05) is 53.3 Å². The van der Waals surface area contributed by atoms with Gasteiger partial charge >= 0.3 is 0 Å². The van der Waals surface area contributed by atoms with Crippen LogP contribution in [0.3, 0.4) is 0 Å². The predicted molar refractivity (Wildman–Crippen MR) is 211 cm³/mol. The molecule has 1 saturated carbocycles. The maximum absolute atomic E-state index is 13.0. The number of benzene rings is 1. The first-order valence-electron chi connectivity index (χ1n) is 18.5. The molecule has 0 spiro atoms. The zero-order chi connectivity index (χ0) is 38.1. The molecule has 6 heterocycles. The summed E-state index contributed by atoms with van der Waals surface area (Å²) in [6, 6.07) is 14.9. The smallest absolute Gasteiger partial charge is 0.272 e. The third-order valence-corrected chi connectivity index (χ3v) is 12.1. The number of hydrogen-bond acceptors (Lipinski definition) is 11. The second kappa shape index (κ2) is 15.6. The molecule has 0 bridgehead atoms. The standard InChI is InChI=1S/C41H39ClN10O2S/c1-24-25(2)55-41-38(24)39(45-23-37-50-47-26(3)52(37)41)34-13-6-28(22-44-34)5-4-27-16-18-51(19-17-27)36-15-14-35(48-49-36)40(53)46-30-8-11-31(12-9-30)54-32-10-7-29(21-43)33(42)20-32/h6-7,10,13-15,20,22,27,30-31H,8-9,11-12,16-19,23H2,1-3H3,(H,46,53). The fraction of sp³-hybridized carbons (Fsp3) is 0.366. The number of carbonyl (C=O) groups is 1. The summed E-state index contributed by atoms with van der Waals surface area (Å²) < 4.78 is 8.20. The Morgan fingerprint density at radius 2 is 1.80 bits per heavy atom. The number of halogens is 1. The number of nitriles is 1. The van der Waals surface area contributed by atoms with E-state index in [1.165, 1.54) is 10.4 Å². The molecule has 2 aliphatic heterocycles. The summed E-state index contributed by atoms with van der Waals surface area (Å²) >= 11 is 7.89. The number of thiophene rings is 1. The van der Waals surface area contributed by atoms with Gasteiger partial charge in [-0.1, -0.05) is 23.4 Å². The highest BCUT2D eigenvalue weighted by atomic mass is 35.5. The van der Waals surface area contributed by atoms with Gasteiger partial charge in [0.25, 0.3) is 5.91 Å². The number of ether oxygens (including phenoxy) is 1. The second-order valence-corrected chi connectivity index (χ2v) is 15.8. The van der Waals surface area contributed by atoms with Crippen LogP contribution in [-0.4, -0.2) is 66.8 Å². The van der Waals surface area contributed by atoms with Crippen molar-refractivity contribution >= 4 is 40.4 Å². The van der Waals surface area contributed by atoms with Crippen molar-refractivity contribution in [3.63, 3.8) is 0 Å². The van der Waals surface area contributed by atoms with Crippen molar-refractivity contribution in [1.82, 2.24) is 35.3 Å². The Morgan fingerprint density at radius 3 is 2.51 bits per heavy atom. The Balaban J connectivity index is 0.814. The maximum atomic E-state index is 13.0. The third-order valence-electron chi connectivity index (χ3n) is 10.6. The molecule has 14 heteroatoms. The first-order valence-corrected chi connectivity index (χ1v) is 19.7. The minimum absolute atomic E-state index is 0.0302. The predicted octanol–water partition coefficient (Wildman–Crippen LogP) is 6.70. The van der Waals surface area contributed by atoms with Gasteiger partial charge in [0.2, 0.25) is 0 Å². The van der Waals surface area contributed by atoms with Crippen molar-refractivity contribution in [2.24, 2.45) is 10.9 Å². The number of aliphatic imine (C=N–C) groups is 1. The van der Waals surface area contributed by atoms with Crippen LogP contribution in [0.25, 0.3) is 5.00 Å². The number of aryl methyl sites for hydroxylation is 2. The highest BCUT2D eigenvalue weighted by Gasteiger charge is 2.28. The van der Waals surface area contributed by atoms with E-state index in [9.17, 15) is 4.79 Å². The van der Waals surface area contributed by atoms with Gasteiger partial charge in [-0.3, -0.25) is 19.3 Å². The van der Waals surface area contributed by atoms with Crippen molar-refractivity contribution in [2.75, 3.05) is 18.0 Å². The molecule has 0 atom stereocenters. The van der Waals surface area contributed by atoms with Gasteiger partial charge in [-0.05, 0) is 101 Å². The molecule has 12 nitrogen and oxygen atoms in total. The van der Waals surface area contributed by atoms with Crippen LogP contribution in [0.1, 0.15) is 93.5 Å². The zero-order valence-electron chi connectivity index (χ0n) is 30.8. The molecule has 278 valence electrons. The molecular formula is C41H39ClN10O2S. The number of carbonyl (C=O) groups excluding carboxylic acids is 1. The Labute approximate surface area is 328 Å². The molecule has 1 aliphatic carbocycles. The first kappa shape index (κ1) is 36.4. The van der Waals surface area contributed by atoms with E-state index in [0.717, 1.165) is 96.6 Å². The lowest BCUT2D eigenvalue weighted by molar-refractivity contribution is 0.0888. The summed E-state index contributed by atoms with van der Waals surface area (Å²) in [6.07, 6.45) is 6.88. The monoisotopic (exact) mass is 770 g/mol. The molecule has 1 N–H and O–H groups in total. The molecule has 8 rings (SSSR count). The number of aromatic nitrogens is 6. The Kier molecular flexibility index (Phi) is 10.3. The fourth-order valence-corrected chi connectivity index (χ4v) is 8.79. The van der Waals surface area contributed by atoms with Crippen LogP contribution in [-0.2, 0) is 6.54 Å². The molecule has 55 heavy (non-hydrogen) atoms. The molecule has 1 aromatic carbocycles. The number of hydrogen-bond donors (Lipinski definition) is 1. The van der Waals surface area contributed by atoms with E-state index in [1.807, 2.05) is 31.3 Å². The van der Waals surface area contributed by atoms with E-state index in [0.29, 0.717) is 28.6 Å². The van der Waals surface area contributed by atoms with Crippen molar-refractivity contribution in [3.8, 4) is 28.7 Å². The average molecular weight is 771 g/mol. The summed E-state index contributed by atoms with van der Waals surface area (Å²) in [6.45, 7) is 8.32. The zero-order valence-corrected chi connectivity index (χ0v) is 32.4. The van der Waals surface area contributed by atoms with E-state index in [-0.39, 0.29) is 24.0 Å². The highest BCUT2D eigenvalue weighted by molar-refractivity contribution is 7.15. The number of fused-ring (bicyclic) bond motifs is 3. The van der Waals surface area contributed by atoms with Gasteiger partial charge < -0.3 is 15.0 Å². The lowest BCUT2D eigenvalue weighted by atomic mass is 9.93. The van der Waals surface area contributed by atoms with Gasteiger partial charge in [-0.15, -0.1) is 31.7 Å². The fourth-order valence-electron chi connectivity index (χ4n) is 7.35. The quantitative estimate of drug-likeness (QED) is 0.186. The normalized spacial score (nSPS) is 18.2. The highest BCUT2D eigenvalue weighted by Crippen LogP contribution is 2.36. The lowest BCUT2D eigenvalue weighted by Gasteiger charge is -2.30. The van der Waals surface area contributed by atoms with Crippen LogP contribution in [0, 0.1) is 49.9 Å². The van der Waals surface area contributed by atoms with E-state index in [4.69, 9.17) is 31.6 Å². The Bertz CT molecular complexity index is 2370. The van der Waals surface area contributed by atoms with Crippen molar-refractivity contribution < 1.29 is 9.53 Å². The molecule has 1 saturated heterocycles. The van der Waals surface area contributed by atoms with Crippen LogP contribution < -0.4 is 15.0 Å². The van der Waals surface area contributed by atoms with Crippen LogP contribution in [0.2, 0.25) is 5.02 Å². The number of nitrogens with one attached hydrogen (secondary N) is 1. The SMILES string of the molecule is Cc1sc2c(c1C)C(c1ccc(C#CC3CCN(c4ccc(C(=O)NC5CCC(Oc6ccc(C#N)c(Cl)c6)CC5)nn4)CC3)cn1)=NCc1nnc(C)n1-2. The number of anilines is 1. The van der Waals surface area contributed by atoms with Crippen LogP contribution in [0.15, 0.2) is 53.7 Å². The van der Waals surface area contributed by atoms with Gasteiger partial charge in [-0.2, -0.15) is 5.26 Å². The largest absolute Gasteiger partial charge is 0.490 e. The first-order chi connectivity index (χ1) is 26.7. The average Bonchev–Trinajstić information content (AvgIpc) is 3.66. The molecule has 1 amide bonds. The van der Waals surface area contributed by atoms with E-state index in [2.05, 4.69) is 66.9 Å². The summed E-state index contributed by atoms with van der Waals surface area (Å²) in [4.78, 5) is 26.2. The van der Waals surface area contributed by atoms with Crippen LogP contribution in [0.4, 0.5) is 5.82 Å². The molecule has 0 radical (unpaired) electrons. The van der Waals surface area contributed by atoms with Crippen LogP contribution >= 0.6 is 22.9 Å². The Hall–Kier alpha value is -5.63. The molecule has 0 unspecified atom stereocenters. The molecule has 3 aliphatic rings. The van der Waals surface area contributed by atoms with E-state index >= 15 is 0 Å². The number of amides is 1. The molecule has 4 aromatic heterocycles. The number of nitrogens with zero attached hydrogens (tertiary/aromatic N) is 9. The summed E-state index contributed by atoms with van der Waals surface area (Å²) in [5.41, 5.74) is 5.61. The van der Waals surface area contributed by atoms with Gasteiger partial charge in [0.15, 0.2) is 17.3 Å². The third kappa shape index (κ3) is 7.68. The number of piperidine rings is 1. The summed E-state index contributed by atoms with van der Waals surface area (Å²) in [5, 5.41) is 31.0. The lowest BCUT2D eigenvalue weighted by Crippen LogP contribution is -2.40. The summed E-state index contributed by atoms with van der Waals surface area (Å²) in [5.74, 6) is 9.97. The summed E-state index contributed by atoms with van der Waals surface area (Å²) in [7, 11) is 0. The molecule has 5 aromatic rings. The second-order valence-electron chi connectivity index (χ2n) is 14.2. The topological polar surface area (TPSA) is 147 Å². The van der Waals surface area contributed by atoms with Crippen LogP contribution in [0.5, 0.6) is 5.75 Å². The van der Waals surface area contributed by atoms with Gasteiger partial charge in [0.1, 0.15) is 29.2 Å². The van der Waals surface area contributed by atoms with Crippen molar-refractivity contribution in [2.45, 2.75) is 78.0 Å². The maximum Gasteiger partial charge on any atom is 0.272 e.